The molecular weight excluding hydrogens is 222 g/mol. The largest absolute Gasteiger partial charge is 0.381 e. The highest BCUT2D eigenvalue weighted by Crippen LogP contribution is 2.29. The van der Waals surface area contributed by atoms with Crippen molar-refractivity contribution in [2.75, 3.05) is 26.3 Å². The van der Waals surface area contributed by atoms with Crippen molar-refractivity contribution in [2.24, 2.45) is 5.41 Å². The van der Waals surface area contributed by atoms with Crippen LogP contribution in [-0.2, 0) is 14.3 Å². The lowest BCUT2D eigenvalue weighted by Gasteiger charge is -2.29. The van der Waals surface area contributed by atoms with Gasteiger partial charge in [-0.05, 0) is 19.8 Å². The summed E-state index contributed by atoms with van der Waals surface area (Å²) < 4.78 is 5.13. The van der Waals surface area contributed by atoms with E-state index in [1.807, 2.05) is 6.07 Å². The van der Waals surface area contributed by atoms with E-state index in [0.29, 0.717) is 32.6 Å². The Labute approximate surface area is 100 Å². The molecule has 0 atom stereocenters. The molecule has 0 bridgehead atoms. The molecule has 0 aromatic carbocycles. The number of ether oxygens (including phenoxy) is 1. The van der Waals surface area contributed by atoms with Crippen LogP contribution in [-0.4, -0.2) is 38.1 Å². The van der Waals surface area contributed by atoms with Crippen LogP contribution < -0.4 is 10.6 Å². The van der Waals surface area contributed by atoms with E-state index < -0.39 is 5.41 Å². The number of nitrogens with one attached hydrogen (secondary N) is 2. The molecule has 1 aliphatic rings. The maximum Gasteiger partial charge on any atom is 0.241 e. The predicted molar refractivity (Wildman–Crippen MR) is 59.8 cm³/mol. The Bertz CT molecular complexity index is 329. The molecule has 1 rings (SSSR count). The van der Waals surface area contributed by atoms with Gasteiger partial charge in [-0.2, -0.15) is 5.26 Å². The Morgan fingerprint density at radius 2 is 2.00 bits per heavy atom. The maximum absolute atomic E-state index is 11.9. The maximum atomic E-state index is 11.9. The topological polar surface area (TPSA) is 91.2 Å². The van der Waals surface area contributed by atoms with Crippen LogP contribution in [0.5, 0.6) is 0 Å². The first-order chi connectivity index (χ1) is 8.14. The fourth-order valence-corrected chi connectivity index (χ4v) is 1.70. The average molecular weight is 239 g/mol. The minimum absolute atomic E-state index is 0.0863. The van der Waals surface area contributed by atoms with Gasteiger partial charge < -0.3 is 15.4 Å². The number of carbonyl (C=O) groups excluding carboxylic acids is 2. The number of hydrogen-bond acceptors (Lipinski definition) is 4. The van der Waals surface area contributed by atoms with Gasteiger partial charge in [0.1, 0.15) is 5.41 Å². The van der Waals surface area contributed by atoms with Gasteiger partial charge >= 0.3 is 0 Å². The molecule has 6 heteroatoms. The molecule has 1 heterocycles. The van der Waals surface area contributed by atoms with Crippen molar-refractivity contribution in [3.8, 4) is 6.07 Å². The van der Waals surface area contributed by atoms with E-state index in [1.54, 1.807) is 6.92 Å². The highest BCUT2D eigenvalue weighted by atomic mass is 16.5. The monoisotopic (exact) mass is 239 g/mol. The summed E-state index contributed by atoms with van der Waals surface area (Å²) in [5, 5.41) is 14.2. The lowest BCUT2D eigenvalue weighted by Crippen LogP contribution is -2.46. The Balaban J connectivity index is 2.50. The summed E-state index contributed by atoms with van der Waals surface area (Å²) in [6.45, 7) is 3.04. The summed E-state index contributed by atoms with van der Waals surface area (Å²) in [5.41, 5.74) is -1.04. The van der Waals surface area contributed by atoms with E-state index in [4.69, 9.17) is 10.00 Å². The highest BCUT2D eigenvalue weighted by molar-refractivity contribution is 5.89. The third kappa shape index (κ3) is 3.43. The molecule has 1 aliphatic heterocycles. The number of hydrogen-bond donors (Lipinski definition) is 2. The van der Waals surface area contributed by atoms with E-state index in [2.05, 4.69) is 10.6 Å². The first kappa shape index (κ1) is 13.5. The van der Waals surface area contributed by atoms with Crippen LogP contribution in [0.15, 0.2) is 0 Å². The van der Waals surface area contributed by atoms with Crippen LogP contribution in [0.4, 0.5) is 0 Å². The zero-order valence-corrected chi connectivity index (χ0v) is 9.91. The lowest BCUT2D eigenvalue weighted by molar-refractivity contribution is -0.134. The molecule has 0 aromatic rings. The number of likely N-dealkylation sites (N-methyl/N-ethyl adjacent to an activating group) is 1. The first-order valence-corrected chi connectivity index (χ1v) is 5.68. The minimum atomic E-state index is -1.04. The summed E-state index contributed by atoms with van der Waals surface area (Å²) >= 11 is 0. The fraction of sp³-hybridized carbons (Fsp3) is 0.727. The van der Waals surface area contributed by atoms with E-state index in [1.165, 1.54) is 0 Å². The van der Waals surface area contributed by atoms with Crippen molar-refractivity contribution in [1.82, 2.24) is 10.6 Å². The van der Waals surface area contributed by atoms with Crippen LogP contribution in [0.25, 0.3) is 0 Å². The smallest absolute Gasteiger partial charge is 0.241 e. The normalized spacial score (nSPS) is 17.9. The molecule has 17 heavy (non-hydrogen) atoms. The molecule has 0 unspecified atom stereocenters. The quantitative estimate of drug-likeness (QED) is 0.695. The zero-order chi connectivity index (χ0) is 12.7. The number of rotatable bonds is 4. The molecule has 1 saturated heterocycles. The van der Waals surface area contributed by atoms with Crippen molar-refractivity contribution >= 4 is 11.8 Å². The van der Waals surface area contributed by atoms with Gasteiger partial charge in [0.2, 0.25) is 11.8 Å². The zero-order valence-electron chi connectivity index (χ0n) is 9.91. The molecule has 2 amide bonds. The van der Waals surface area contributed by atoms with Gasteiger partial charge in [0.15, 0.2) is 0 Å². The van der Waals surface area contributed by atoms with Crippen molar-refractivity contribution in [3.63, 3.8) is 0 Å². The van der Waals surface area contributed by atoms with Gasteiger partial charge in [0, 0.05) is 19.8 Å². The number of nitrogens with zero attached hydrogens (tertiary/aromatic N) is 1. The van der Waals surface area contributed by atoms with E-state index in [9.17, 15) is 9.59 Å². The Hall–Kier alpha value is -1.61. The second-order valence-electron chi connectivity index (χ2n) is 3.94. The standard InChI is InChI=1S/C11H17N3O3/c1-2-13-9(15)7-14-10(16)11(8-12)3-5-17-6-4-11/h2-7H2,1H3,(H,13,15)(H,14,16). The second-order valence-corrected chi connectivity index (χ2v) is 3.94. The third-order valence-corrected chi connectivity index (χ3v) is 2.78. The molecule has 1 fully saturated rings. The second kappa shape index (κ2) is 6.21. The Kier molecular flexibility index (Phi) is 4.91. The predicted octanol–water partition coefficient (Wildman–Crippen LogP) is -0.441. The van der Waals surface area contributed by atoms with Crippen molar-refractivity contribution < 1.29 is 14.3 Å². The molecule has 0 aliphatic carbocycles. The Morgan fingerprint density at radius 1 is 1.35 bits per heavy atom. The summed E-state index contributed by atoms with van der Waals surface area (Å²) in [6, 6.07) is 2.05. The molecule has 6 nitrogen and oxygen atoms in total. The van der Waals surface area contributed by atoms with Crippen LogP contribution in [0.2, 0.25) is 0 Å². The molecule has 0 saturated carbocycles. The molecule has 0 spiro atoms. The first-order valence-electron chi connectivity index (χ1n) is 5.68. The summed E-state index contributed by atoms with van der Waals surface area (Å²) in [6.07, 6.45) is 0.759. The molecular formula is C11H17N3O3. The van der Waals surface area contributed by atoms with Gasteiger partial charge in [-0.3, -0.25) is 9.59 Å². The minimum Gasteiger partial charge on any atom is -0.381 e. The van der Waals surface area contributed by atoms with Gasteiger partial charge in [0.05, 0.1) is 12.6 Å². The third-order valence-electron chi connectivity index (χ3n) is 2.78. The van der Waals surface area contributed by atoms with Crippen molar-refractivity contribution in [1.29, 1.82) is 5.26 Å². The Morgan fingerprint density at radius 3 is 2.53 bits per heavy atom. The lowest BCUT2D eigenvalue weighted by atomic mass is 9.81. The van der Waals surface area contributed by atoms with Crippen molar-refractivity contribution in [3.05, 3.63) is 0 Å². The van der Waals surface area contributed by atoms with E-state index in [0.717, 1.165) is 0 Å². The van der Waals surface area contributed by atoms with Gasteiger partial charge in [-0.1, -0.05) is 0 Å². The molecule has 94 valence electrons. The SMILES string of the molecule is CCNC(=O)CNC(=O)C1(C#N)CCOCC1. The molecule has 0 aromatic heterocycles. The molecule has 2 N–H and O–H groups in total. The van der Waals surface area contributed by atoms with E-state index in [-0.39, 0.29) is 18.4 Å². The number of carbonyl (C=O) groups is 2. The average Bonchev–Trinajstić information content (AvgIpc) is 2.37. The summed E-state index contributed by atoms with van der Waals surface area (Å²) in [5.74, 6) is -0.629. The van der Waals surface area contributed by atoms with Crippen LogP contribution >= 0.6 is 0 Å². The van der Waals surface area contributed by atoms with Crippen LogP contribution in [0.3, 0.4) is 0 Å². The molecule has 0 radical (unpaired) electrons. The highest BCUT2D eigenvalue weighted by Gasteiger charge is 2.40. The number of amides is 2. The number of nitriles is 1. The van der Waals surface area contributed by atoms with Gasteiger partial charge in [-0.15, -0.1) is 0 Å². The fourth-order valence-electron chi connectivity index (χ4n) is 1.70. The van der Waals surface area contributed by atoms with Crippen LogP contribution in [0, 0.1) is 16.7 Å². The van der Waals surface area contributed by atoms with Crippen LogP contribution in [0.1, 0.15) is 19.8 Å². The van der Waals surface area contributed by atoms with Gasteiger partial charge in [0.25, 0.3) is 0 Å². The van der Waals surface area contributed by atoms with Crippen molar-refractivity contribution in [2.45, 2.75) is 19.8 Å². The summed E-state index contributed by atoms with van der Waals surface area (Å²) in [7, 11) is 0. The van der Waals surface area contributed by atoms with Gasteiger partial charge in [-0.25, -0.2) is 0 Å². The van der Waals surface area contributed by atoms with E-state index >= 15 is 0 Å². The summed E-state index contributed by atoms with van der Waals surface area (Å²) in [4.78, 5) is 23.1.